The Bertz CT molecular complexity index is 252. The SMILES string of the molecule is CCOC(=O)/C(C=N)=C(/C)C1CC1. The lowest BCUT2D eigenvalue weighted by Gasteiger charge is -2.05. The maximum atomic E-state index is 11.3. The third kappa shape index (κ3) is 2.41. The van der Waals surface area contributed by atoms with Crippen LogP contribution in [0.25, 0.3) is 0 Å². The van der Waals surface area contributed by atoms with Crippen LogP contribution in [0.1, 0.15) is 26.7 Å². The fourth-order valence-electron chi connectivity index (χ4n) is 1.28. The van der Waals surface area contributed by atoms with Crippen molar-refractivity contribution < 1.29 is 9.53 Å². The molecule has 0 atom stereocenters. The van der Waals surface area contributed by atoms with E-state index in [-0.39, 0.29) is 5.97 Å². The zero-order chi connectivity index (χ0) is 9.84. The van der Waals surface area contributed by atoms with Crippen molar-refractivity contribution in [3.8, 4) is 0 Å². The number of nitrogens with one attached hydrogen (secondary N) is 1. The predicted molar refractivity (Wildman–Crippen MR) is 50.8 cm³/mol. The highest BCUT2D eigenvalue weighted by Crippen LogP contribution is 2.37. The molecule has 3 heteroatoms. The minimum atomic E-state index is -0.359. The number of hydrogen-bond donors (Lipinski definition) is 1. The quantitative estimate of drug-likeness (QED) is 0.409. The molecule has 0 aromatic rings. The van der Waals surface area contributed by atoms with Crippen LogP contribution >= 0.6 is 0 Å². The van der Waals surface area contributed by atoms with Gasteiger partial charge in [-0.1, -0.05) is 5.57 Å². The maximum absolute atomic E-state index is 11.3. The molecule has 0 bridgehead atoms. The minimum Gasteiger partial charge on any atom is -0.462 e. The van der Waals surface area contributed by atoms with Gasteiger partial charge in [0.15, 0.2) is 0 Å². The van der Waals surface area contributed by atoms with E-state index >= 15 is 0 Å². The lowest BCUT2D eigenvalue weighted by Crippen LogP contribution is -2.11. The zero-order valence-electron chi connectivity index (χ0n) is 8.09. The standard InChI is InChI=1S/C10H15NO2/c1-3-13-10(12)9(6-11)7(2)8-4-5-8/h6,8,11H,3-5H2,1-2H3/b9-7-,11-6?. The number of carbonyl (C=O) groups is 1. The molecule has 13 heavy (non-hydrogen) atoms. The molecule has 1 saturated carbocycles. The fraction of sp³-hybridized carbons (Fsp3) is 0.600. The molecule has 0 radical (unpaired) electrons. The Morgan fingerprint density at radius 2 is 2.23 bits per heavy atom. The molecule has 0 amide bonds. The van der Waals surface area contributed by atoms with Crippen molar-refractivity contribution in [2.45, 2.75) is 26.7 Å². The normalized spacial score (nSPS) is 17.7. The second kappa shape index (κ2) is 4.21. The van der Waals surface area contributed by atoms with Gasteiger partial charge in [-0.25, -0.2) is 4.79 Å². The zero-order valence-corrected chi connectivity index (χ0v) is 8.09. The Labute approximate surface area is 78.3 Å². The fourth-order valence-corrected chi connectivity index (χ4v) is 1.28. The van der Waals surface area contributed by atoms with Crippen molar-refractivity contribution in [2.75, 3.05) is 6.61 Å². The molecule has 1 aliphatic rings. The van der Waals surface area contributed by atoms with E-state index in [1.54, 1.807) is 6.92 Å². The van der Waals surface area contributed by atoms with E-state index in [9.17, 15) is 4.79 Å². The molecule has 0 aromatic carbocycles. The van der Waals surface area contributed by atoms with Gasteiger partial charge in [-0.05, 0) is 32.6 Å². The second-order valence-corrected chi connectivity index (χ2v) is 3.24. The van der Waals surface area contributed by atoms with Gasteiger partial charge >= 0.3 is 5.97 Å². The Balaban J connectivity index is 2.74. The molecule has 1 N–H and O–H groups in total. The van der Waals surface area contributed by atoms with Gasteiger partial charge in [-0.2, -0.15) is 0 Å². The average molecular weight is 181 g/mol. The predicted octanol–water partition coefficient (Wildman–Crippen LogP) is 1.93. The van der Waals surface area contributed by atoms with Gasteiger partial charge < -0.3 is 10.1 Å². The number of ether oxygens (including phenoxy) is 1. The van der Waals surface area contributed by atoms with E-state index in [4.69, 9.17) is 10.1 Å². The highest BCUT2D eigenvalue weighted by molar-refractivity contribution is 6.09. The van der Waals surface area contributed by atoms with Gasteiger partial charge in [0, 0.05) is 6.21 Å². The van der Waals surface area contributed by atoms with Crippen molar-refractivity contribution in [1.29, 1.82) is 5.41 Å². The number of hydrogen-bond acceptors (Lipinski definition) is 3. The van der Waals surface area contributed by atoms with Crippen LogP contribution in [0.15, 0.2) is 11.1 Å². The molecule has 0 aromatic heterocycles. The van der Waals surface area contributed by atoms with Crippen LogP contribution in [0, 0.1) is 11.3 Å². The number of allylic oxidation sites excluding steroid dienone is 1. The Kier molecular flexibility index (Phi) is 3.23. The van der Waals surface area contributed by atoms with Crippen LogP contribution in [0.5, 0.6) is 0 Å². The number of rotatable bonds is 4. The first-order valence-electron chi connectivity index (χ1n) is 4.59. The summed E-state index contributed by atoms with van der Waals surface area (Å²) in [6.07, 6.45) is 3.39. The molecule has 1 aliphatic carbocycles. The molecule has 0 saturated heterocycles. The lowest BCUT2D eigenvalue weighted by atomic mass is 10.1. The summed E-state index contributed by atoms with van der Waals surface area (Å²) in [5.41, 5.74) is 1.44. The molecule has 1 fully saturated rings. The number of carbonyl (C=O) groups excluding carboxylic acids is 1. The van der Waals surface area contributed by atoms with Gasteiger partial charge in [0.2, 0.25) is 0 Å². The van der Waals surface area contributed by atoms with E-state index in [2.05, 4.69) is 0 Å². The first-order valence-corrected chi connectivity index (χ1v) is 4.59. The lowest BCUT2D eigenvalue weighted by molar-refractivity contribution is -0.137. The summed E-state index contributed by atoms with van der Waals surface area (Å²) in [6, 6.07) is 0. The van der Waals surface area contributed by atoms with Crippen molar-refractivity contribution in [2.24, 2.45) is 5.92 Å². The summed E-state index contributed by atoms with van der Waals surface area (Å²) in [7, 11) is 0. The van der Waals surface area contributed by atoms with Crippen molar-refractivity contribution >= 4 is 12.2 Å². The molecule has 3 nitrogen and oxygen atoms in total. The first-order chi connectivity index (χ1) is 6.20. The van der Waals surface area contributed by atoms with Crippen molar-refractivity contribution in [3.05, 3.63) is 11.1 Å². The van der Waals surface area contributed by atoms with Gasteiger partial charge in [0.1, 0.15) is 0 Å². The third-order valence-electron chi connectivity index (χ3n) is 2.25. The third-order valence-corrected chi connectivity index (χ3v) is 2.25. The summed E-state index contributed by atoms with van der Waals surface area (Å²) in [6.45, 7) is 4.05. The van der Waals surface area contributed by atoms with E-state index in [1.807, 2.05) is 6.92 Å². The van der Waals surface area contributed by atoms with Gasteiger partial charge in [0.25, 0.3) is 0 Å². The molecule has 72 valence electrons. The van der Waals surface area contributed by atoms with E-state index in [0.29, 0.717) is 18.1 Å². The van der Waals surface area contributed by atoms with Gasteiger partial charge in [-0.3, -0.25) is 0 Å². The van der Waals surface area contributed by atoms with Crippen LogP contribution in [-0.2, 0) is 9.53 Å². The van der Waals surface area contributed by atoms with Crippen LogP contribution in [-0.4, -0.2) is 18.8 Å². The summed E-state index contributed by atoms with van der Waals surface area (Å²) in [5, 5.41) is 7.14. The minimum absolute atomic E-state index is 0.359. The van der Waals surface area contributed by atoms with Crippen LogP contribution in [0.2, 0.25) is 0 Å². The first kappa shape index (κ1) is 9.96. The molecular weight excluding hydrogens is 166 g/mol. The van der Waals surface area contributed by atoms with Crippen molar-refractivity contribution in [1.82, 2.24) is 0 Å². The summed E-state index contributed by atoms with van der Waals surface area (Å²) < 4.78 is 4.85. The summed E-state index contributed by atoms with van der Waals surface area (Å²) >= 11 is 0. The Morgan fingerprint density at radius 1 is 1.62 bits per heavy atom. The highest BCUT2D eigenvalue weighted by atomic mass is 16.5. The van der Waals surface area contributed by atoms with Crippen LogP contribution < -0.4 is 0 Å². The van der Waals surface area contributed by atoms with Crippen LogP contribution in [0.4, 0.5) is 0 Å². The highest BCUT2D eigenvalue weighted by Gasteiger charge is 2.27. The van der Waals surface area contributed by atoms with Crippen LogP contribution in [0.3, 0.4) is 0 Å². The molecule has 0 heterocycles. The largest absolute Gasteiger partial charge is 0.462 e. The van der Waals surface area contributed by atoms with E-state index in [1.165, 1.54) is 0 Å². The molecule has 0 unspecified atom stereocenters. The van der Waals surface area contributed by atoms with Gasteiger partial charge in [0.05, 0.1) is 12.2 Å². The topological polar surface area (TPSA) is 50.2 Å². The average Bonchev–Trinajstić information content (AvgIpc) is 2.88. The smallest absolute Gasteiger partial charge is 0.339 e. The summed E-state index contributed by atoms with van der Waals surface area (Å²) in [4.78, 5) is 11.3. The molecular formula is C10H15NO2. The monoisotopic (exact) mass is 181 g/mol. The maximum Gasteiger partial charge on any atom is 0.339 e. The van der Waals surface area contributed by atoms with E-state index < -0.39 is 0 Å². The molecule has 0 spiro atoms. The van der Waals surface area contributed by atoms with Crippen molar-refractivity contribution in [3.63, 3.8) is 0 Å². The number of esters is 1. The Hall–Kier alpha value is -1.12. The molecule has 1 rings (SSSR count). The van der Waals surface area contributed by atoms with Gasteiger partial charge in [-0.15, -0.1) is 0 Å². The van der Waals surface area contributed by atoms with E-state index in [0.717, 1.165) is 24.6 Å². The molecule has 0 aliphatic heterocycles. The Morgan fingerprint density at radius 3 is 2.62 bits per heavy atom. The summed E-state index contributed by atoms with van der Waals surface area (Å²) in [5.74, 6) is 0.155. The second-order valence-electron chi connectivity index (χ2n) is 3.24.